The van der Waals surface area contributed by atoms with Crippen molar-refractivity contribution < 1.29 is 45.5 Å². The van der Waals surface area contributed by atoms with Crippen molar-refractivity contribution in [2.24, 2.45) is 0 Å². The monoisotopic (exact) mass is 223 g/mol. The first-order valence-corrected chi connectivity index (χ1v) is 3.55. The van der Waals surface area contributed by atoms with Gasteiger partial charge in [0.1, 0.15) is 0 Å². The molecule has 0 atom stereocenters. The fraction of sp³-hybridized carbons (Fsp3) is 0. The molecule has 12 nitrogen and oxygen atoms in total. The van der Waals surface area contributed by atoms with Crippen molar-refractivity contribution in [3.63, 3.8) is 0 Å². The molecule has 0 bridgehead atoms. The molecule has 0 fully saturated rings. The number of hydrogen-bond acceptors (Lipinski definition) is 9. The molecule has 0 radical (unpaired) electrons. The van der Waals surface area contributed by atoms with E-state index in [1.807, 2.05) is 0 Å². The van der Waals surface area contributed by atoms with Gasteiger partial charge >= 0.3 is 8.37 Å². The Morgan fingerprint density at radius 3 is 0.769 bits per heavy atom. The Morgan fingerprint density at radius 1 is 0.615 bits per heavy atom. The van der Waals surface area contributed by atoms with Crippen molar-refractivity contribution >= 4 is 8.37 Å². The van der Waals surface area contributed by atoms with E-state index in [1.54, 1.807) is 0 Å². The molecule has 13 heteroatoms. The third kappa shape index (κ3) is 3.67. The van der Waals surface area contributed by atoms with Gasteiger partial charge in [0, 0.05) is 0 Å². The van der Waals surface area contributed by atoms with Gasteiger partial charge in [-0.25, -0.2) is 0 Å². The van der Waals surface area contributed by atoms with E-state index >= 15 is 0 Å². The Kier molecular flexibility index (Phi) is 3.25. The van der Waals surface area contributed by atoms with E-state index in [1.165, 1.54) is 0 Å². The molecular weight excluding hydrogens is 217 g/mol. The van der Waals surface area contributed by atoms with E-state index in [9.17, 15) is 15.6 Å². The molecule has 0 unspecified atom stereocenters. The Balaban J connectivity index is 5.02. The van der Waals surface area contributed by atoms with Gasteiger partial charge in [-0.15, -0.1) is 0 Å². The normalized spacial score (nSPS) is 15.2. The molecule has 80 valence electrons. The Bertz CT molecular complexity index is 137. The summed E-state index contributed by atoms with van der Waals surface area (Å²) in [5.41, 5.74) is 0. The van der Waals surface area contributed by atoms with Crippen molar-refractivity contribution in [3.05, 3.63) is 15.6 Å². The Morgan fingerprint density at radius 2 is 0.769 bits per heavy atom. The molecule has 0 spiro atoms. The van der Waals surface area contributed by atoms with Gasteiger partial charge in [0.25, 0.3) is 0 Å². The number of hydrogen-bond donors (Lipinski definition) is 6. The van der Waals surface area contributed by atoms with Gasteiger partial charge in [-0.05, 0) is 0 Å². The van der Waals surface area contributed by atoms with E-state index in [0.29, 0.717) is 0 Å². The molecule has 0 aromatic rings. The zero-order valence-electron chi connectivity index (χ0n) is 5.70. The lowest BCUT2D eigenvalue weighted by molar-refractivity contribution is -1.27. The summed E-state index contributed by atoms with van der Waals surface area (Å²) in [6.45, 7) is 0. The first kappa shape index (κ1) is 12.9. The number of nitrogens with zero attached hydrogens (tertiary/aromatic N) is 3. The fourth-order valence-corrected chi connectivity index (χ4v) is 1.37. The highest BCUT2D eigenvalue weighted by atomic mass is 31.2. The van der Waals surface area contributed by atoms with Crippen molar-refractivity contribution in [1.82, 2.24) is 0 Å². The second-order valence-electron chi connectivity index (χ2n) is 1.81. The van der Waals surface area contributed by atoms with Crippen molar-refractivity contribution in [2.75, 3.05) is 0 Å². The summed E-state index contributed by atoms with van der Waals surface area (Å²) in [5.74, 6) is 0. The maximum Gasteiger partial charge on any atom is 0.762 e. The van der Waals surface area contributed by atoms with E-state index in [2.05, 4.69) is 0 Å². The minimum Gasteiger partial charge on any atom is -0.554 e. The van der Waals surface area contributed by atoms with Crippen LogP contribution in [0.15, 0.2) is 0 Å². The lowest BCUT2D eigenvalue weighted by Gasteiger charge is -2.37. The van der Waals surface area contributed by atoms with Crippen LogP contribution in [0.1, 0.15) is 0 Å². The molecule has 0 aromatic heterocycles. The summed E-state index contributed by atoms with van der Waals surface area (Å²) in [4.78, 5) is 0. The van der Waals surface area contributed by atoms with E-state index in [-0.39, 0.29) is 0 Å². The topological polar surface area (TPSA) is 191 Å². The summed E-state index contributed by atoms with van der Waals surface area (Å²) >= 11 is 0. The van der Waals surface area contributed by atoms with Gasteiger partial charge in [-0.2, -0.15) is 31.2 Å². The zero-order chi connectivity index (χ0) is 11.1. The highest BCUT2D eigenvalue weighted by Crippen LogP contribution is 2.55. The highest BCUT2D eigenvalue weighted by molar-refractivity contribution is 7.38. The SMILES string of the molecule is [O-][N+](O)(O)P([N+]([O-])(O)O)[N+]([O-])(O)O. The largest absolute Gasteiger partial charge is 0.762 e. The molecule has 0 aliphatic heterocycles. The van der Waals surface area contributed by atoms with Crippen molar-refractivity contribution in [2.45, 2.75) is 0 Å². The molecule has 0 rings (SSSR count). The molecule has 0 aromatic carbocycles. The van der Waals surface area contributed by atoms with Crippen LogP contribution < -0.4 is 0 Å². The predicted octanol–water partition coefficient (Wildman–Crippen LogP) is -0.508. The second-order valence-corrected chi connectivity index (χ2v) is 3.91. The second kappa shape index (κ2) is 3.26. The van der Waals surface area contributed by atoms with Gasteiger partial charge in [0.05, 0.1) is 14.2 Å². The molecule has 13 heavy (non-hydrogen) atoms. The van der Waals surface area contributed by atoms with Gasteiger partial charge < -0.3 is 15.6 Å². The molecule has 0 amide bonds. The smallest absolute Gasteiger partial charge is 0.554 e. The third-order valence-corrected chi connectivity index (χ3v) is 2.10. The summed E-state index contributed by atoms with van der Waals surface area (Å²) in [6.07, 6.45) is 0. The molecule has 6 N–H and O–H groups in total. The van der Waals surface area contributed by atoms with Gasteiger partial charge in [-0.3, -0.25) is 0 Å². The molecule has 0 aliphatic rings. The summed E-state index contributed by atoms with van der Waals surface area (Å²) in [5, 5.41) is 78.6. The van der Waals surface area contributed by atoms with Gasteiger partial charge in [-0.1, -0.05) is 0 Å². The van der Waals surface area contributed by atoms with E-state index in [4.69, 9.17) is 31.2 Å². The van der Waals surface area contributed by atoms with Crippen LogP contribution in [0, 0.1) is 15.6 Å². The lowest BCUT2D eigenvalue weighted by Crippen LogP contribution is -2.52. The van der Waals surface area contributed by atoms with Crippen LogP contribution in [0.3, 0.4) is 0 Å². The van der Waals surface area contributed by atoms with Crippen LogP contribution in [-0.4, -0.2) is 45.5 Å². The van der Waals surface area contributed by atoms with Crippen LogP contribution in [0.4, 0.5) is 0 Å². The minimum atomic E-state index is -4.50. The summed E-state index contributed by atoms with van der Waals surface area (Å²) in [7, 11) is -4.50. The summed E-state index contributed by atoms with van der Waals surface area (Å²) in [6, 6.07) is 0. The standard InChI is InChI=1S/H6N3O9P/c4-1(5,6)13(2(7,8)9)3(10,11)12/h4-5,7-8,10-11H. The highest BCUT2D eigenvalue weighted by Gasteiger charge is 2.66. The van der Waals surface area contributed by atoms with Crippen molar-refractivity contribution in [3.8, 4) is 0 Å². The van der Waals surface area contributed by atoms with E-state index in [0.717, 1.165) is 0 Å². The molecule has 0 aliphatic carbocycles. The average molecular weight is 223 g/mol. The Hall–Kier alpha value is -0.0500. The zero-order valence-corrected chi connectivity index (χ0v) is 6.59. The first-order chi connectivity index (χ1) is 5.37. The van der Waals surface area contributed by atoms with Gasteiger partial charge in [0.15, 0.2) is 0 Å². The van der Waals surface area contributed by atoms with E-state index < -0.39 is 22.6 Å². The molecule has 0 saturated carbocycles. The summed E-state index contributed by atoms with van der Waals surface area (Å²) < 4.78 is -11.5. The quantitative estimate of drug-likeness (QED) is 0.270. The molecule has 0 saturated heterocycles. The first-order valence-electron chi connectivity index (χ1n) is 2.35. The van der Waals surface area contributed by atoms with Crippen LogP contribution >= 0.6 is 8.37 Å². The lowest BCUT2D eigenvalue weighted by atomic mass is 12.9. The average Bonchev–Trinajstić information content (AvgIpc) is 1.44. The molecular formula is H6N3O9P. The van der Waals surface area contributed by atoms with Crippen LogP contribution in [0.25, 0.3) is 0 Å². The van der Waals surface area contributed by atoms with Crippen molar-refractivity contribution in [1.29, 1.82) is 0 Å². The van der Waals surface area contributed by atoms with Crippen LogP contribution in [0.5, 0.6) is 0 Å². The third-order valence-electron chi connectivity index (χ3n) is 0.699. The van der Waals surface area contributed by atoms with Gasteiger partial charge in [0.2, 0.25) is 0 Å². The maximum atomic E-state index is 10.1. The number of rotatable bonds is 3. The fourth-order valence-electron chi connectivity index (χ4n) is 0.455. The number of quaternary nitrogens is 3. The predicted molar refractivity (Wildman–Crippen MR) is 28.5 cm³/mol. The van der Waals surface area contributed by atoms with Crippen LogP contribution in [-0.2, 0) is 0 Å². The minimum absolute atomic E-state index is 3.83. The van der Waals surface area contributed by atoms with Crippen LogP contribution in [0.2, 0.25) is 0 Å². The Labute approximate surface area is 70.7 Å². The maximum absolute atomic E-state index is 10.1. The molecule has 0 heterocycles.